The Kier molecular flexibility index (Phi) is 5.43. The van der Waals surface area contributed by atoms with E-state index in [2.05, 4.69) is 25.5 Å². The Balaban J connectivity index is 1.46. The van der Waals surface area contributed by atoms with E-state index in [0.717, 1.165) is 25.1 Å². The van der Waals surface area contributed by atoms with Crippen molar-refractivity contribution in [1.82, 2.24) is 25.1 Å². The van der Waals surface area contributed by atoms with Gasteiger partial charge < -0.3 is 14.6 Å². The van der Waals surface area contributed by atoms with Gasteiger partial charge in [0.15, 0.2) is 0 Å². The zero-order valence-corrected chi connectivity index (χ0v) is 16.2. The Hall–Kier alpha value is -3.07. The minimum Gasteiger partial charge on any atom is -0.465 e. The van der Waals surface area contributed by atoms with Gasteiger partial charge in [-0.05, 0) is 38.0 Å². The number of nitrogens with zero attached hydrogens (tertiary/aromatic N) is 5. The van der Waals surface area contributed by atoms with Crippen LogP contribution in [0.25, 0.3) is 6.08 Å². The number of rotatable bonds is 5. The lowest BCUT2D eigenvalue weighted by Crippen LogP contribution is -2.38. The summed E-state index contributed by atoms with van der Waals surface area (Å²) in [5, 5.41) is 11.7. The molecule has 28 heavy (non-hydrogen) atoms. The van der Waals surface area contributed by atoms with Crippen molar-refractivity contribution in [2.45, 2.75) is 25.7 Å². The molecule has 1 aliphatic heterocycles. The van der Waals surface area contributed by atoms with Crippen LogP contribution in [0, 0.1) is 6.92 Å². The minimum absolute atomic E-state index is 0.0147. The van der Waals surface area contributed by atoms with E-state index in [4.69, 9.17) is 4.42 Å². The van der Waals surface area contributed by atoms with E-state index in [-0.39, 0.29) is 11.8 Å². The quantitative estimate of drug-likeness (QED) is 0.660. The molecule has 0 bridgehead atoms. The summed E-state index contributed by atoms with van der Waals surface area (Å²) >= 11 is 1.41. The van der Waals surface area contributed by atoms with Crippen molar-refractivity contribution in [3.05, 3.63) is 53.3 Å². The molecule has 9 heteroatoms. The predicted molar refractivity (Wildman–Crippen MR) is 106 cm³/mol. The number of aromatic nitrogens is 4. The van der Waals surface area contributed by atoms with Crippen molar-refractivity contribution in [1.29, 1.82) is 0 Å². The molecule has 1 saturated heterocycles. The highest BCUT2D eigenvalue weighted by atomic mass is 32.1. The highest BCUT2D eigenvalue weighted by Crippen LogP contribution is 2.28. The number of furan rings is 1. The SMILES string of the molecule is Cc1nc(Nc2nncs2)cc([C@@H]2CCCN(C(=O)/C=C/c3ccco3)C2)n1. The van der Waals surface area contributed by atoms with Crippen LogP contribution in [0.15, 0.2) is 40.5 Å². The summed E-state index contributed by atoms with van der Waals surface area (Å²) in [5.41, 5.74) is 2.60. The first kappa shape index (κ1) is 18.3. The first-order valence-electron chi connectivity index (χ1n) is 9.06. The number of nitrogens with one attached hydrogen (secondary N) is 1. The summed E-state index contributed by atoms with van der Waals surface area (Å²) in [5.74, 6) is 2.21. The zero-order chi connectivity index (χ0) is 19.3. The molecular formula is C19H20N6O2S. The lowest BCUT2D eigenvalue weighted by atomic mass is 9.94. The summed E-state index contributed by atoms with van der Waals surface area (Å²) in [7, 11) is 0. The molecule has 1 amide bonds. The lowest BCUT2D eigenvalue weighted by molar-refractivity contribution is -0.127. The average Bonchev–Trinajstić information content (AvgIpc) is 3.40. The third-order valence-electron chi connectivity index (χ3n) is 4.54. The van der Waals surface area contributed by atoms with Crippen LogP contribution >= 0.6 is 11.3 Å². The maximum atomic E-state index is 12.6. The molecular weight excluding hydrogens is 376 g/mol. The van der Waals surface area contributed by atoms with Gasteiger partial charge in [0.05, 0.1) is 12.0 Å². The van der Waals surface area contributed by atoms with Crippen molar-refractivity contribution in [3.8, 4) is 0 Å². The molecule has 0 unspecified atom stereocenters. The number of hydrogen-bond acceptors (Lipinski definition) is 8. The van der Waals surface area contributed by atoms with Gasteiger partial charge in [0.2, 0.25) is 11.0 Å². The Labute approximate surface area is 166 Å². The van der Waals surface area contributed by atoms with Gasteiger partial charge in [0, 0.05) is 31.1 Å². The highest BCUT2D eigenvalue weighted by Gasteiger charge is 2.25. The van der Waals surface area contributed by atoms with Crippen molar-refractivity contribution in [2.75, 3.05) is 18.4 Å². The lowest BCUT2D eigenvalue weighted by Gasteiger charge is -2.32. The molecule has 3 aromatic heterocycles. The molecule has 4 heterocycles. The summed E-state index contributed by atoms with van der Waals surface area (Å²) < 4.78 is 5.24. The van der Waals surface area contributed by atoms with Gasteiger partial charge >= 0.3 is 0 Å². The maximum absolute atomic E-state index is 12.6. The maximum Gasteiger partial charge on any atom is 0.246 e. The summed E-state index contributed by atoms with van der Waals surface area (Å²) in [6.45, 7) is 3.25. The zero-order valence-electron chi connectivity index (χ0n) is 15.4. The number of aryl methyl sites for hydroxylation is 1. The number of amides is 1. The molecule has 1 fully saturated rings. The monoisotopic (exact) mass is 396 g/mol. The van der Waals surface area contributed by atoms with Gasteiger partial charge in [0.1, 0.15) is 22.9 Å². The molecule has 0 aliphatic carbocycles. The Morgan fingerprint density at radius 2 is 2.36 bits per heavy atom. The first-order valence-corrected chi connectivity index (χ1v) is 9.94. The largest absolute Gasteiger partial charge is 0.465 e. The fourth-order valence-electron chi connectivity index (χ4n) is 3.26. The van der Waals surface area contributed by atoms with Crippen LogP contribution < -0.4 is 5.32 Å². The Morgan fingerprint density at radius 1 is 1.43 bits per heavy atom. The van der Waals surface area contributed by atoms with Gasteiger partial charge in [-0.15, -0.1) is 10.2 Å². The fourth-order valence-corrected chi connectivity index (χ4v) is 3.72. The van der Waals surface area contributed by atoms with Crippen LogP contribution in [-0.2, 0) is 4.79 Å². The van der Waals surface area contributed by atoms with Gasteiger partial charge in [0.25, 0.3) is 0 Å². The highest BCUT2D eigenvalue weighted by molar-refractivity contribution is 7.13. The summed E-state index contributed by atoms with van der Waals surface area (Å²) in [6, 6.07) is 5.55. The van der Waals surface area contributed by atoms with E-state index in [1.165, 1.54) is 11.3 Å². The number of carbonyl (C=O) groups is 1. The van der Waals surface area contributed by atoms with Crippen LogP contribution in [0.2, 0.25) is 0 Å². The molecule has 0 spiro atoms. The van der Waals surface area contributed by atoms with E-state index in [1.807, 2.05) is 24.0 Å². The molecule has 0 saturated carbocycles. The van der Waals surface area contributed by atoms with Gasteiger partial charge in [-0.25, -0.2) is 9.97 Å². The van der Waals surface area contributed by atoms with E-state index in [1.54, 1.807) is 30.0 Å². The van der Waals surface area contributed by atoms with Crippen molar-refractivity contribution in [3.63, 3.8) is 0 Å². The first-order chi connectivity index (χ1) is 13.7. The normalized spacial score (nSPS) is 17.2. The van der Waals surface area contributed by atoms with Crippen molar-refractivity contribution in [2.24, 2.45) is 0 Å². The van der Waals surface area contributed by atoms with Gasteiger partial charge in [-0.2, -0.15) is 0 Å². The second-order valence-corrected chi connectivity index (χ2v) is 7.40. The van der Waals surface area contributed by atoms with Crippen LogP contribution in [0.5, 0.6) is 0 Å². The minimum atomic E-state index is -0.0147. The molecule has 1 aliphatic rings. The second kappa shape index (κ2) is 8.30. The van der Waals surface area contributed by atoms with Crippen LogP contribution in [0.4, 0.5) is 10.9 Å². The average molecular weight is 396 g/mol. The number of likely N-dealkylation sites (tertiary alicyclic amines) is 1. The fraction of sp³-hybridized carbons (Fsp3) is 0.316. The van der Waals surface area contributed by atoms with Gasteiger partial charge in [-0.1, -0.05) is 11.3 Å². The van der Waals surface area contributed by atoms with Crippen LogP contribution in [0.3, 0.4) is 0 Å². The Morgan fingerprint density at radius 3 is 3.14 bits per heavy atom. The number of hydrogen-bond donors (Lipinski definition) is 1. The second-order valence-electron chi connectivity index (χ2n) is 6.57. The van der Waals surface area contributed by atoms with E-state index >= 15 is 0 Å². The van der Waals surface area contributed by atoms with E-state index in [0.29, 0.717) is 29.1 Å². The summed E-state index contributed by atoms with van der Waals surface area (Å²) in [4.78, 5) is 23.5. The van der Waals surface area contributed by atoms with Gasteiger partial charge in [-0.3, -0.25) is 4.79 Å². The molecule has 8 nitrogen and oxygen atoms in total. The van der Waals surface area contributed by atoms with E-state index in [9.17, 15) is 4.79 Å². The molecule has 4 rings (SSSR count). The number of anilines is 2. The molecule has 3 aromatic rings. The van der Waals surface area contributed by atoms with Crippen LogP contribution in [0.1, 0.15) is 36.0 Å². The van der Waals surface area contributed by atoms with Crippen molar-refractivity contribution < 1.29 is 9.21 Å². The Bertz CT molecular complexity index is 955. The molecule has 1 atom stereocenters. The predicted octanol–water partition coefficient (Wildman–Crippen LogP) is 3.39. The summed E-state index contributed by atoms with van der Waals surface area (Å²) in [6.07, 6.45) is 6.78. The molecule has 144 valence electrons. The standard InChI is InChI=1S/C19H20N6O2S/c1-13-21-16(10-17(22-13)23-19-24-20-12-28-19)14-4-2-8-25(11-14)18(26)7-6-15-5-3-9-27-15/h3,5-7,9-10,12,14H,2,4,8,11H2,1H3,(H,21,22,23,24)/b7-6+/t14-/m1/s1. The third kappa shape index (κ3) is 4.42. The third-order valence-corrected chi connectivity index (χ3v) is 5.14. The number of piperidine rings is 1. The van der Waals surface area contributed by atoms with Crippen LogP contribution in [-0.4, -0.2) is 44.1 Å². The smallest absolute Gasteiger partial charge is 0.246 e. The number of carbonyl (C=O) groups excluding carboxylic acids is 1. The molecule has 1 N–H and O–H groups in total. The van der Waals surface area contributed by atoms with E-state index < -0.39 is 0 Å². The topological polar surface area (TPSA) is 97.0 Å². The van der Waals surface area contributed by atoms with Crippen molar-refractivity contribution >= 4 is 34.3 Å². The molecule has 0 radical (unpaired) electrons. The molecule has 0 aromatic carbocycles.